The molecule has 0 aliphatic rings. The molecule has 0 unspecified atom stereocenters. The van der Waals surface area contributed by atoms with Gasteiger partial charge >= 0.3 is 20.2 Å². The Hall–Kier alpha value is -0.830. The lowest BCUT2D eigenvalue weighted by molar-refractivity contribution is -0.135. The third kappa shape index (κ3) is 5.31. The second-order valence-corrected chi connectivity index (χ2v) is 2.35. The van der Waals surface area contributed by atoms with Crippen molar-refractivity contribution < 1.29 is 23.2 Å². The van der Waals surface area contributed by atoms with E-state index >= 15 is 0 Å². The van der Waals surface area contributed by atoms with Crippen LogP contribution in [0.2, 0.25) is 0 Å². The first-order chi connectivity index (χ1) is 4.52. The average molecular weight is 166 g/mol. The summed E-state index contributed by atoms with van der Waals surface area (Å²) in [7, 11) is -2.94. The van der Waals surface area contributed by atoms with Gasteiger partial charge in [-0.2, -0.15) is 0 Å². The van der Waals surface area contributed by atoms with E-state index in [1.54, 1.807) is 0 Å². The smallest absolute Gasteiger partial charge is 0.385 e. The lowest BCUT2D eigenvalue weighted by Gasteiger charge is -1.99. The number of carbonyl (C=O) groups is 2. The number of rotatable bonds is 2. The molecule has 0 fully saturated rings. The SMILES string of the molecule is CC(=O)O[PH](=O)OC(C)=O. The van der Waals surface area contributed by atoms with Crippen molar-refractivity contribution in [3.05, 3.63) is 0 Å². The molecule has 0 aliphatic heterocycles. The van der Waals surface area contributed by atoms with Gasteiger partial charge in [0.2, 0.25) is 0 Å². The third-order valence-electron chi connectivity index (χ3n) is 0.454. The zero-order valence-electron chi connectivity index (χ0n) is 5.54. The van der Waals surface area contributed by atoms with Crippen LogP contribution in [-0.2, 0) is 23.2 Å². The minimum Gasteiger partial charge on any atom is -0.385 e. The minimum atomic E-state index is -2.94. The second kappa shape index (κ2) is 4.06. The zero-order valence-corrected chi connectivity index (χ0v) is 6.54. The lowest BCUT2D eigenvalue weighted by atomic mass is 10.9. The Morgan fingerprint density at radius 2 is 1.40 bits per heavy atom. The molecule has 0 atom stereocenters. The summed E-state index contributed by atoms with van der Waals surface area (Å²) in [5, 5.41) is 0. The van der Waals surface area contributed by atoms with Gasteiger partial charge in [0.1, 0.15) is 0 Å². The highest BCUT2D eigenvalue weighted by Gasteiger charge is 2.04. The van der Waals surface area contributed by atoms with Crippen LogP contribution in [0.1, 0.15) is 13.8 Å². The number of hydrogen-bond donors (Lipinski definition) is 0. The maximum atomic E-state index is 10.4. The van der Waals surface area contributed by atoms with E-state index < -0.39 is 20.2 Å². The molecule has 0 saturated carbocycles. The predicted molar refractivity (Wildman–Crippen MR) is 32.5 cm³/mol. The van der Waals surface area contributed by atoms with E-state index in [-0.39, 0.29) is 0 Å². The summed E-state index contributed by atoms with van der Waals surface area (Å²) in [4.78, 5) is 20.1. The van der Waals surface area contributed by atoms with E-state index in [0.717, 1.165) is 13.8 Å². The second-order valence-electron chi connectivity index (χ2n) is 1.44. The van der Waals surface area contributed by atoms with Gasteiger partial charge in [-0.1, -0.05) is 0 Å². The van der Waals surface area contributed by atoms with Crippen molar-refractivity contribution >= 4 is 20.2 Å². The monoisotopic (exact) mass is 166 g/mol. The molecule has 0 aromatic heterocycles. The molecule has 0 aromatic rings. The van der Waals surface area contributed by atoms with Crippen LogP contribution in [0.4, 0.5) is 0 Å². The van der Waals surface area contributed by atoms with Gasteiger partial charge in [-0.3, -0.25) is 9.59 Å². The Kier molecular flexibility index (Phi) is 3.72. The zero-order chi connectivity index (χ0) is 8.15. The topological polar surface area (TPSA) is 69.7 Å². The van der Waals surface area contributed by atoms with E-state index in [9.17, 15) is 14.2 Å². The molecular formula is C4H7O5P. The molecule has 58 valence electrons. The van der Waals surface area contributed by atoms with Crippen molar-refractivity contribution in [2.45, 2.75) is 13.8 Å². The largest absolute Gasteiger partial charge is 0.423 e. The van der Waals surface area contributed by atoms with Gasteiger partial charge in [0.05, 0.1) is 0 Å². The van der Waals surface area contributed by atoms with Crippen LogP contribution < -0.4 is 0 Å². The van der Waals surface area contributed by atoms with Gasteiger partial charge in [-0.15, -0.1) is 0 Å². The van der Waals surface area contributed by atoms with Crippen molar-refractivity contribution in [3.8, 4) is 0 Å². The highest BCUT2D eigenvalue weighted by Crippen LogP contribution is 2.23. The van der Waals surface area contributed by atoms with Gasteiger partial charge in [-0.25, -0.2) is 4.57 Å². The summed E-state index contributed by atoms with van der Waals surface area (Å²) in [6, 6.07) is 0. The van der Waals surface area contributed by atoms with Crippen molar-refractivity contribution in [1.82, 2.24) is 0 Å². The molecule has 0 heterocycles. The van der Waals surface area contributed by atoms with Crippen LogP contribution in [0.15, 0.2) is 0 Å². The van der Waals surface area contributed by atoms with Crippen LogP contribution >= 0.6 is 8.25 Å². The van der Waals surface area contributed by atoms with Gasteiger partial charge in [0, 0.05) is 13.8 Å². The van der Waals surface area contributed by atoms with Gasteiger partial charge in [0.15, 0.2) is 0 Å². The molecule has 6 heteroatoms. The molecule has 0 N–H and O–H groups in total. The maximum Gasteiger partial charge on any atom is 0.423 e. The highest BCUT2D eigenvalue weighted by atomic mass is 31.1. The molecule has 0 spiro atoms. The van der Waals surface area contributed by atoms with E-state index in [0.29, 0.717) is 0 Å². The first kappa shape index (κ1) is 9.17. The Morgan fingerprint density at radius 3 is 1.60 bits per heavy atom. The highest BCUT2D eigenvalue weighted by molar-refractivity contribution is 7.34. The molecule has 0 bridgehead atoms. The molecule has 0 saturated heterocycles. The summed E-state index contributed by atoms with van der Waals surface area (Å²) < 4.78 is 18.4. The molecule has 0 amide bonds. The predicted octanol–water partition coefficient (Wildman–Crippen LogP) is 0.502. The fourth-order valence-electron chi connectivity index (χ4n) is 0.256. The van der Waals surface area contributed by atoms with Crippen molar-refractivity contribution in [2.75, 3.05) is 0 Å². The van der Waals surface area contributed by atoms with E-state index in [4.69, 9.17) is 0 Å². The summed E-state index contributed by atoms with van der Waals surface area (Å²) in [5.41, 5.74) is 0. The molecule has 5 nitrogen and oxygen atoms in total. The number of hydrogen-bond acceptors (Lipinski definition) is 5. The van der Waals surface area contributed by atoms with Gasteiger partial charge in [-0.05, 0) is 0 Å². The van der Waals surface area contributed by atoms with Crippen LogP contribution in [0, 0.1) is 0 Å². The summed E-state index contributed by atoms with van der Waals surface area (Å²) >= 11 is 0. The first-order valence-electron chi connectivity index (χ1n) is 2.43. The van der Waals surface area contributed by atoms with Crippen molar-refractivity contribution in [3.63, 3.8) is 0 Å². The number of carbonyl (C=O) groups excluding carboxylic acids is 2. The fourth-order valence-corrected chi connectivity index (χ4v) is 0.767. The molecule has 0 radical (unpaired) electrons. The Labute approximate surface area is 58.3 Å². The van der Waals surface area contributed by atoms with Crippen LogP contribution in [-0.4, -0.2) is 11.9 Å². The van der Waals surface area contributed by atoms with Crippen LogP contribution in [0.3, 0.4) is 0 Å². The normalized spacial score (nSPS) is 9.10. The summed E-state index contributed by atoms with van der Waals surface area (Å²) in [6.45, 7) is 2.15. The quantitative estimate of drug-likeness (QED) is 0.558. The van der Waals surface area contributed by atoms with E-state index in [1.165, 1.54) is 0 Å². The third-order valence-corrected chi connectivity index (χ3v) is 1.36. The lowest BCUT2D eigenvalue weighted by Crippen LogP contribution is -1.95. The average Bonchev–Trinajstić information content (AvgIpc) is 1.58. The van der Waals surface area contributed by atoms with Crippen molar-refractivity contribution in [2.24, 2.45) is 0 Å². The summed E-state index contributed by atoms with van der Waals surface area (Å²) in [5.74, 6) is -1.46. The fraction of sp³-hybridized carbons (Fsp3) is 0.500. The molecule has 10 heavy (non-hydrogen) atoms. The van der Waals surface area contributed by atoms with Gasteiger partial charge < -0.3 is 9.05 Å². The molecule has 0 aliphatic carbocycles. The minimum absolute atomic E-state index is 0.731. The molecule has 0 rings (SSSR count). The Balaban J connectivity index is 3.65. The molecular weight excluding hydrogens is 159 g/mol. The van der Waals surface area contributed by atoms with Gasteiger partial charge in [0.25, 0.3) is 0 Å². The molecule has 0 aromatic carbocycles. The first-order valence-corrected chi connectivity index (χ1v) is 3.65. The maximum absolute atomic E-state index is 10.4. The van der Waals surface area contributed by atoms with Crippen molar-refractivity contribution in [1.29, 1.82) is 0 Å². The Bertz CT molecular complexity index is 156. The standard InChI is InChI=1S/C4H7O5P/c1-3(5)8-10(7)9-4(2)6/h10H,1-2H3. The van der Waals surface area contributed by atoms with Crippen LogP contribution in [0.5, 0.6) is 0 Å². The van der Waals surface area contributed by atoms with E-state index in [2.05, 4.69) is 9.05 Å². The Morgan fingerprint density at radius 1 is 1.10 bits per heavy atom. The van der Waals surface area contributed by atoms with Crippen LogP contribution in [0.25, 0.3) is 0 Å². The summed E-state index contributed by atoms with van der Waals surface area (Å²) in [6.07, 6.45) is 0. The van der Waals surface area contributed by atoms with E-state index in [1.807, 2.05) is 0 Å².